The molecule has 6 rings (SSSR count). The second-order valence-corrected chi connectivity index (χ2v) is 19.0. The van der Waals surface area contributed by atoms with Gasteiger partial charge >= 0.3 is 10.6 Å². The number of quaternary nitrogens is 1. The number of likely N-dealkylation sites (N-methyl/N-ethyl adjacent to an activating group) is 1. The molecular formula is C47H61N6O9S2+. The third-order valence-corrected chi connectivity index (χ3v) is 13.3. The van der Waals surface area contributed by atoms with Crippen LogP contribution in [0.25, 0.3) is 10.8 Å². The van der Waals surface area contributed by atoms with E-state index in [1.807, 2.05) is 12.1 Å². The fourth-order valence-electron chi connectivity index (χ4n) is 9.11. The summed E-state index contributed by atoms with van der Waals surface area (Å²) in [6.07, 6.45) is 15.6. The third kappa shape index (κ3) is 11.5. The van der Waals surface area contributed by atoms with Crippen molar-refractivity contribution in [2.75, 3.05) is 42.5 Å². The number of hydrogen-bond acceptors (Lipinski definition) is 10. The SMILES string of the molecule is CCN(CCCCNC(=O)CCCCCN1\C(=C/C=C/C=C/C2[NH+](CC)c3ccc(S(=O)(=O)O)cc3C2(C)C)C(C)(C)c2ccccc21)c1ccc2c(=O)[nH][nH]c(=O)c2c1.O=S(=O)=O. The lowest BCUT2D eigenvalue weighted by Crippen LogP contribution is -3.10. The third-order valence-electron chi connectivity index (χ3n) is 12.4. The molecule has 0 bridgehead atoms. The number of aromatic nitrogens is 2. The van der Waals surface area contributed by atoms with Crippen LogP contribution in [0.4, 0.5) is 17.1 Å². The molecule has 0 saturated carbocycles. The fourth-order valence-corrected chi connectivity index (χ4v) is 9.62. The van der Waals surface area contributed by atoms with Crippen LogP contribution in [-0.4, -0.2) is 80.5 Å². The largest absolute Gasteiger partial charge is 0.425 e. The predicted molar refractivity (Wildman–Crippen MR) is 251 cm³/mol. The highest BCUT2D eigenvalue weighted by atomic mass is 32.2. The summed E-state index contributed by atoms with van der Waals surface area (Å²) in [5, 5.41) is 8.58. The minimum Gasteiger partial charge on any atom is -0.372 e. The van der Waals surface area contributed by atoms with Gasteiger partial charge in [-0.05, 0) is 107 Å². The van der Waals surface area contributed by atoms with Crippen LogP contribution in [0, 0.1) is 0 Å². The number of amides is 1. The zero-order valence-corrected chi connectivity index (χ0v) is 39.1. The van der Waals surface area contributed by atoms with Crippen molar-refractivity contribution in [3.63, 3.8) is 0 Å². The number of unbranched alkanes of at least 4 members (excludes halogenated alkanes) is 3. The second kappa shape index (κ2) is 21.4. The van der Waals surface area contributed by atoms with Crippen LogP contribution >= 0.6 is 0 Å². The lowest BCUT2D eigenvalue weighted by atomic mass is 9.80. The Morgan fingerprint density at radius 2 is 1.58 bits per heavy atom. The maximum atomic E-state index is 12.7. The zero-order valence-electron chi connectivity index (χ0n) is 37.4. The minimum atomic E-state index is -4.29. The van der Waals surface area contributed by atoms with Gasteiger partial charge in [0.25, 0.3) is 21.2 Å². The number of H-pyrrole nitrogens is 2. The molecule has 1 aromatic heterocycles. The number of fused-ring (bicyclic) bond motifs is 3. The van der Waals surface area contributed by atoms with E-state index in [0.29, 0.717) is 23.7 Å². The van der Waals surface area contributed by atoms with Crippen molar-refractivity contribution in [1.29, 1.82) is 0 Å². The Balaban J connectivity index is 0.00000185. The molecule has 2 atom stereocenters. The van der Waals surface area contributed by atoms with E-state index in [-0.39, 0.29) is 38.8 Å². The summed E-state index contributed by atoms with van der Waals surface area (Å²) >= 11 is 0. The molecule has 17 heteroatoms. The predicted octanol–water partition coefficient (Wildman–Crippen LogP) is 5.43. The molecule has 1 amide bonds. The summed E-state index contributed by atoms with van der Waals surface area (Å²) in [5.74, 6) is 0.0733. The number of para-hydroxylation sites is 1. The van der Waals surface area contributed by atoms with Gasteiger partial charge in [-0.1, -0.05) is 56.7 Å². The number of nitrogens with zero attached hydrogens (tertiary/aromatic N) is 2. The molecule has 64 heavy (non-hydrogen) atoms. The Morgan fingerprint density at radius 3 is 2.27 bits per heavy atom. The first kappa shape index (κ1) is 49.4. The van der Waals surface area contributed by atoms with E-state index in [4.69, 9.17) is 12.6 Å². The van der Waals surface area contributed by atoms with Crippen LogP contribution in [0.2, 0.25) is 0 Å². The normalized spacial score (nSPS) is 18.0. The number of nitrogens with one attached hydrogen (secondary N) is 4. The fraction of sp³-hybridized carbons (Fsp3) is 0.426. The van der Waals surface area contributed by atoms with E-state index in [0.717, 1.165) is 75.2 Å². The molecule has 344 valence electrons. The van der Waals surface area contributed by atoms with E-state index in [1.165, 1.54) is 27.9 Å². The smallest absolute Gasteiger partial charge is 0.372 e. The number of carbonyl (C=O) groups is 1. The van der Waals surface area contributed by atoms with Crippen molar-refractivity contribution in [2.45, 2.75) is 102 Å². The average molecular weight is 918 g/mol. The Hall–Kier alpha value is -5.62. The Bertz CT molecular complexity index is 2750. The quantitative estimate of drug-likeness (QED) is 0.0483. The van der Waals surface area contributed by atoms with Crippen molar-refractivity contribution in [2.24, 2.45) is 0 Å². The van der Waals surface area contributed by atoms with E-state index in [1.54, 1.807) is 18.2 Å². The molecule has 2 unspecified atom stereocenters. The molecule has 4 aromatic rings. The summed E-state index contributed by atoms with van der Waals surface area (Å²) in [6, 6.07) is 18.9. The van der Waals surface area contributed by atoms with Crippen molar-refractivity contribution in [3.8, 4) is 0 Å². The lowest BCUT2D eigenvalue weighted by Gasteiger charge is -2.27. The topological polar surface area (TPSA) is 211 Å². The summed E-state index contributed by atoms with van der Waals surface area (Å²) in [6.45, 7) is 16.8. The molecule has 0 spiro atoms. The molecule has 2 aliphatic heterocycles. The van der Waals surface area contributed by atoms with Crippen LogP contribution in [0.3, 0.4) is 0 Å². The van der Waals surface area contributed by atoms with Crippen LogP contribution in [0.15, 0.2) is 111 Å². The Morgan fingerprint density at radius 1 is 0.875 bits per heavy atom. The van der Waals surface area contributed by atoms with E-state index >= 15 is 0 Å². The van der Waals surface area contributed by atoms with Crippen molar-refractivity contribution >= 4 is 54.5 Å². The second-order valence-electron chi connectivity index (χ2n) is 17.2. The first-order valence-electron chi connectivity index (χ1n) is 21.8. The number of carbonyl (C=O) groups excluding carboxylic acids is 1. The number of rotatable bonds is 18. The molecular weight excluding hydrogens is 857 g/mol. The van der Waals surface area contributed by atoms with E-state index < -0.39 is 20.7 Å². The highest BCUT2D eigenvalue weighted by Crippen LogP contribution is 2.47. The summed E-state index contributed by atoms with van der Waals surface area (Å²) in [7, 11) is -7.40. The molecule has 0 saturated heterocycles. The number of aromatic amines is 2. The monoisotopic (exact) mass is 917 g/mol. The van der Waals surface area contributed by atoms with Gasteiger partial charge in [0.2, 0.25) is 5.91 Å². The average Bonchev–Trinajstić information content (AvgIpc) is 3.60. The number of anilines is 2. The van der Waals surface area contributed by atoms with Crippen LogP contribution in [0.1, 0.15) is 91.2 Å². The maximum absolute atomic E-state index is 12.7. The van der Waals surface area contributed by atoms with Crippen molar-refractivity contribution < 1.29 is 35.3 Å². The van der Waals surface area contributed by atoms with Gasteiger partial charge in [-0.25, -0.2) is 0 Å². The van der Waals surface area contributed by atoms with Crippen LogP contribution in [0.5, 0.6) is 0 Å². The molecule has 0 radical (unpaired) electrons. The van der Waals surface area contributed by atoms with Gasteiger partial charge in [0.05, 0.1) is 27.6 Å². The molecule has 3 aromatic carbocycles. The van der Waals surface area contributed by atoms with Gasteiger partial charge in [0.1, 0.15) is 11.7 Å². The highest BCUT2D eigenvalue weighted by Gasteiger charge is 2.47. The van der Waals surface area contributed by atoms with Gasteiger partial charge in [-0.15, -0.1) is 12.6 Å². The summed E-state index contributed by atoms with van der Waals surface area (Å²) in [5.41, 5.74) is 5.46. The van der Waals surface area contributed by atoms with Gasteiger partial charge < -0.3 is 15.1 Å². The van der Waals surface area contributed by atoms with Gasteiger partial charge in [0, 0.05) is 66.7 Å². The summed E-state index contributed by atoms with van der Waals surface area (Å²) < 4.78 is 58.8. The molecule has 0 fully saturated rings. The van der Waals surface area contributed by atoms with E-state index in [9.17, 15) is 27.4 Å². The maximum Gasteiger partial charge on any atom is 0.425 e. The van der Waals surface area contributed by atoms with Crippen LogP contribution < -0.4 is 31.1 Å². The first-order valence-corrected chi connectivity index (χ1v) is 24.2. The van der Waals surface area contributed by atoms with Crippen molar-refractivity contribution in [1.82, 2.24) is 15.5 Å². The van der Waals surface area contributed by atoms with E-state index in [2.05, 4.69) is 122 Å². The zero-order chi connectivity index (χ0) is 46.8. The van der Waals surface area contributed by atoms with Gasteiger partial charge in [-0.2, -0.15) is 8.42 Å². The first-order chi connectivity index (χ1) is 30.3. The van der Waals surface area contributed by atoms with Crippen LogP contribution in [-0.2, 0) is 36.4 Å². The number of benzene rings is 3. The molecule has 3 heterocycles. The molecule has 2 aliphatic rings. The minimum absolute atomic E-state index is 0.0724. The highest BCUT2D eigenvalue weighted by molar-refractivity contribution is 7.85. The Kier molecular flexibility index (Phi) is 16.5. The Labute approximate surface area is 376 Å². The van der Waals surface area contributed by atoms with Gasteiger partial charge in [0.15, 0.2) is 0 Å². The van der Waals surface area contributed by atoms with Gasteiger partial charge in [-0.3, -0.25) is 34.0 Å². The lowest BCUT2D eigenvalue weighted by molar-refractivity contribution is -0.848. The van der Waals surface area contributed by atoms with Crippen molar-refractivity contribution in [3.05, 3.63) is 129 Å². The number of hydrogen-bond donors (Lipinski definition) is 5. The standard InChI is InChI=1S/C47H60N6O6S.O3S/c1-7-51(33-24-26-35-36(31-33)45(56)50-49-44(35)55)29-18-16-28-48-43(54)23-13-10-17-30-53-39-20-15-14-19-37(39)46(3,4)42(53)22-12-9-11-21-41-47(5,6)38-32-34(60(57,58)59)25-27-40(38)52(41)8-2;1-4(2)3/h9,11-12,14-15,19-22,24-27,31-32,41H,7-8,10,13,16-18,23,28-30H2,1-6H3,(H,48,54)(H,49,55)(H,50,56)(H,57,58,59);/p+1/b12-9+,21-11+,42-22-;. The molecule has 15 nitrogen and oxygen atoms in total. The summed E-state index contributed by atoms with van der Waals surface area (Å²) in [4.78, 5) is 42.8. The molecule has 5 N–H and O–H groups in total. The molecule has 0 aliphatic carbocycles. The number of allylic oxidation sites excluding steroid dienone is 5.